The van der Waals surface area contributed by atoms with Gasteiger partial charge in [0.1, 0.15) is 5.75 Å². The topological polar surface area (TPSA) is 78.7 Å². The third-order valence-corrected chi connectivity index (χ3v) is 4.15. The van der Waals surface area contributed by atoms with Crippen LogP contribution in [0.3, 0.4) is 0 Å². The van der Waals surface area contributed by atoms with Gasteiger partial charge in [0, 0.05) is 18.6 Å². The Balaban J connectivity index is 1.87. The molecule has 0 bridgehead atoms. The van der Waals surface area contributed by atoms with Crippen molar-refractivity contribution in [2.75, 3.05) is 13.2 Å². The quantitative estimate of drug-likeness (QED) is 0.179. The van der Waals surface area contributed by atoms with Gasteiger partial charge in [-0.25, -0.2) is 0 Å². The summed E-state index contributed by atoms with van der Waals surface area (Å²) in [6, 6.07) is 6.20. The Bertz CT molecular complexity index is 515. The third kappa shape index (κ3) is 10.7. The van der Waals surface area contributed by atoms with E-state index in [1.54, 1.807) is 12.1 Å². The summed E-state index contributed by atoms with van der Waals surface area (Å²) in [6.07, 6.45) is 10.8. The number of hydrogen-bond donors (Lipinski definition) is 0. The molecule has 146 valence electrons. The van der Waals surface area contributed by atoms with Gasteiger partial charge in [-0.05, 0) is 31.9 Å². The fourth-order valence-electron chi connectivity index (χ4n) is 2.70. The fraction of sp³-hybridized carbons (Fsp3) is 0.650. The van der Waals surface area contributed by atoms with E-state index in [4.69, 9.17) is 9.47 Å². The molecule has 0 radical (unpaired) electrons. The molecule has 1 aromatic carbocycles. The van der Waals surface area contributed by atoms with Crippen molar-refractivity contribution in [1.82, 2.24) is 0 Å². The lowest BCUT2D eigenvalue weighted by Crippen LogP contribution is -2.03. The number of non-ortho nitro benzene ring substituents is 1. The zero-order valence-electron chi connectivity index (χ0n) is 15.8. The number of carbonyl (C=O) groups is 1. The molecule has 0 unspecified atom stereocenters. The van der Waals surface area contributed by atoms with Crippen LogP contribution in [0, 0.1) is 10.1 Å². The summed E-state index contributed by atoms with van der Waals surface area (Å²) in [5, 5.41) is 10.6. The molecule has 0 aliphatic carbocycles. The molecule has 6 heteroatoms. The summed E-state index contributed by atoms with van der Waals surface area (Å²) in [6.45, 7) is 2.95. The Labute approximate surface area is 156 Å². The number of ether oxygens (including phenoxy) is 2. The van der Waals surface area contributed by atoms with Crippen molar-refractivity contribution in [2.24, 2.45) is 0 Å². The maximum Gasteiger partial charge on any atom is 0.305 e. The van der Waals surface area contributed by atoms with E-state index in [1.165, 1.54) is 44.2 Å². The summed E-state index contributed by atoms with van der Waals surface area (Å²) in [7, 11) is 0. The molecule has 0 saturated carbocycles. The first-order valence-electron chi connectivity index (χ1n) is 9.66. The highest BCUT2D eigenvalue weighted by Crippen LogP contribution is 2.18. The minimum absolute atomic E-state index is 0.0801. The van der Waals surface area contributed by atoms with Crippen LogP contribution in [0.15, 0.2) is 24.3 Å². The van der Waals surface area contributed by atoms with E-state index in [-0.39, 0.29) is 11.7 Å². The van der Waals surface area contributed by atoms with Crippen molar-refractivity contribution < 1.29 is 19.2 Å². The van der Waals surface area contributed by atoms with E-state index in [0.717, 1.165) is 25.7 Å². The van der Waals surface area contributed by atoms with Crippen molar-refractivity contribution in [3.8, 4) is 5.75 Å². The van der Waals surface area contributed by atoms with Gasteiger partial charge in [0.25, 0.3) is 5.69 Å². The second-order valence-corrected chi connectivity index (χ2v) is 6.34. The number of nitro benzene ring substituents is 1. The molecule has 1 rings (SSSR count). The van der Waals surface area contributed by atoms with E-state index in [2.05, 4.69) is 0 Å². The normalized spacial score (nSPS) is 10.5. The van der Waals surface area contributed by atoms with Crippen molar-refractivity contribution in [1.29, 1.82) is 0 Å². The molecule has 0 atom stereocenters. The summed E-state index contributed by atoms with van der Waals surface area (Å²) in [4.78, 5) is 21.3. The molecule has 0 heterocycles. The highest BCUT2D eigenvalue weighted by atomic mass is 16.6. The molecule has 0 amide bonds. The average molecular weight is 365 g/mol. The Morgan fingerprint density at radius 2 is 1.46 bits per heavy atom. The third-order valence-electron chi connectivity index (χ3n) is 4.15. The predicted molar refractivity (Wildman–Crippen MR) is 101 cm³/mol. The summed E-state index contributed by atoms with van der Waals surface area (Å²) in [5.41, 5.74) is 0.0817. The number of nitro groups is 1. The van der Waals surface area contributed by atoms with Crippen molar-refractivity contribution in [3.63, 3.8) is 0 Å². The molecule has 0 aliphatic heterocycles. The largest absolute Gasteiger partial charge is 0.494 e. The Morgan fingerprint density at radius 1 is 0.923 bits per heavy atom. The highest BCUT2D eigenvalue weighted by molar-refractivity contribution is 5.69. The lowest BCUT2D eigenvalue weighted by atomic mass is 10.1. The van der Waals surface area contributed by atoms with E-state index < -0.39 is 4.92 Å². The molecule has 0 aliphatic rings. The first-order valence-corrected chi connectivity index (χ1v) is 9.66. The van der Waals surface area contributed by atoms with E-state index >= 15 is 0 Å². The number of benzene rings is 1. The van der Waals surface area contributed by atoms with Crippen LogP contribution in [0.2, 0.25) is 0 Å². The van der Waals surface area contributed by atoms with Gasteiger partial charge >= 0.3 is 5.97 Å². The van der Waals surface area contributed by atoms with Crippen molar-refractivity contribution in [3.05, 3.63) is 34.4 Å². The van der Waals surface area contributed by atoms with Gasteiger partial charge in [0.15, 0.2) is 0 Å². The Hall–Kier alpha value is -2.11. The molecule has 0 fully saturated rings. The molecular formula is C20H31NO5. The number of esters is 1. The molecule has 0 saturated heterocycles. The first kappa shape index (κ1) is 21.9. The van der Waals surface area contributed by atoms with Crippen LogP contribution < -0.4 is 4.74 Å². The molecule has 26 heavy (non-hydrogen) atoms. The second-order valence-electron chi connectivity index (χ2n) is 6.34. The Morgan fingerprint density at radius 3 is 2.00 bits per heavy atom. The summed E-state index contributed by atoms with van der Waals surface area (Å²) >= 11 is 0. The first-order chi connectivity index (χ1) is 12.6. The standard InChI is InChI=1S/C20H31NO5/c1-2-25-20(22)12-10-8-6-4-3-5-7-9-11-17-26-19-15-13-18(14-16-19)21(23)24/h13-16H,2-12,17H2,1H3. The SMILES string of the molecule is CCOC(=O)CCCCCCCCCCCOc1ccc([N+](=O)[O-])cc1. The van der Waals surface area contributed by atoms with Crippen molar-refractivity contribution in [2.45, 2.75) is 71.1 Å². The smallest absolute Gasteiger partial charge is 0.305 e. The lowest BCUT2D eigenvalue weighted by Gasteiger charge is -2.06. The minimum Gasteiger partial charge on any atom is -0.494 e. The van der Waals surface area contributed by atoms with E-state index in [0.29, 0.717) is 25.4 Å². The zero-order chi connectivity index (χ0) is 19.0. The van der Waals surface area contributed by atoms with Crippen LogP contribution in [0.1, 0.15) is 71.1 Å². The van der Waals surface area contributed by atoms with Gasteiger partial charge in [-0.2, -0.15) is 0 Å². The summed E-state index contributed by atoms with van der Waals surface area (Å²) < 4.78 is 10.5. The average Bonchev–Trinajstić information content (AvgIpc) is 2.63. The van der Waals surface area contributed by atoms with Gasteiger partial charge in [-0.15, -0.1) is 0 Å². The molecule has 0 spiro atoms. The minimum atomic E-state index is -0.413. The van der Waals surface area contributed by atoms with Crippen molar-refractivity contribution >= 4 is 11.7 Å². The monoisotopic (exact) mass is 365 g/mol. The molecule has 0 N–H and O–H groups in total. The maximum absolute atomic E-state index is 11.2. The predicted octanol–water partition coefficient (Wildman–Crippen LogP) is 5.44. The number of hydrogen-bond acceptors (Lipinski definition) is 5. The highest BCUT2D eigenvalue weighted by Gasteiger charge is 2.04. The number of carbonyl (C=O) groups excluding carboxylic acids is 1. The fourth-order valence-corrected chi connectivity index (χ4v) is 2.70. The van der Waals surface area contributed by atoms with Gasteiger partial charge < -0.3 is 9.47 Å². The molecule has 0 aromatic heterocycles. The van der Waals surface area contributed by atoms with Crippen LogP contribution in [-0.4, -0.2) is 24.1 Å². The van der Waals surface area contributed by atoms with E-state index in [9.17, 15) is 14.9 Å². The van der Waals surface area contributed by atoms with Gasteiger partial charge in [0.05, 0.1) is 18.1 Å². The maximum atomic E-state index is 11.2. The van der Waals surface area contributed by atoms with Crippen LogP contribution in [-0.2, 0) is 9.53 Å². The number of unbranched alkanes of at least 4 members (excludes halogenated alkanes) is 8. The van der Waals surface area contributed by atoms with E-state index in [1.807, 2.05) is 6.92 Å². The number of nitrogens with zero attached hydrogens (tertiary/aromatic N) is 1. The summed E-state index contributed by atoms with van der Waals surface area (Å²) in [5.74, 6) is 0.599. The molecule has 6 nitrogen and oxygen atoms in total. The van der Waals surface area contributed by atoms with Gasteiger partial charge in [-0.3, -0.25) is 14.9 Å². The zero-order valence-corrected chi connectivity index (χ0v) is 15.8. The lowest BCUT2D eigenvalue weighted by molar-refractivity contribution is -0.384. The number of rotatable bonds is 15. The van der Waals surface area contributed by atoms with Crippen LogP contribution in [0.5, 0.6) is 5.75 Å². The van der Waals surface area contributed by atoms with Crippen LogP contribution in [0.4, 0.5) is 5.69 Å². The van der Waals surface area contributed by atoms with Crippen LogP contribution in [0.25, 0.3) is 0 Å². The van der Waals surface area contributed by atoms with Crippen LogP contribution >= 0.6 is 0 Å². The molecule has 1 aromatic rings. The Kier molecular flexibility index (Phi) is 11.9. The second kappa shape index (κ2) is 14.1. The molecular weight excluding hydrogens is 334 g/mol. The van der Waals surface area contributed by atoms with Gasteiger partial charge in [0.2, 0.25) is 0 Å². The van der Waals surface area contributed by atoms with Gasteiger partial charge in [-0.1, -0.05) is 44.9 Å².